The third kappa shape index (κ3) is 5.30. The molecule has 2 heteroatoms. The van der Waals surface area contributed by atoms with Gasteiger partial charge in [0.1, 0.15) is 0 Å². The van der Waals surface area contributed by atoms with E-state index in [1.165, 1.54) is 44.4 Å². The Morgan fingerprint density at radius 2 is 1.16 bits per heavy atom. The van der Waals surface area contributed by atoms with Crippen LogP contribution in [0.5, 0.6) is 0 Å². The first kappa shape index (κ1) is 21.4. The third-order valence-electron chi connectivity index (χ3n) is 5.64. The molecular weight excluding hydrogens is 338 g/mol. The highest BCUT2D eigenvalue weighted by molar-refractivity contribution is 7.73. The molecule has 0 amide bonds. The molecule has 0 spiro atoms. The van der Waals surface area contributed by atoms with Gasteiger partial charge < -0.3 is 0 Å². The summed E-state index contributed by atoms with van der Waals surface area (Å²) < 4.78 is 0. The largest absolute Gasteiger partial charge is 0.0712 e. The maximum absolute atomic E-state index is 2.51. The van der Waals surface area contributed by atoms with Gasteiger partial charge in [0, 0.05) is 0 Å². The van der Waals surface area contributed by atoms with E-state index in [0.29, 0.717) is 0 Å². The molecule has 0 saturated carbocycles. The number of hydrogen-bond donors (Lipinski definition) is 0. The quantitative estimate of drug-likeness (QED) is 0.497. The zero-order valence-electron chi connectivity index (χ0n) is 17.5. The van der Waals surface area contributed by atoms with Gasteiger partial charge in [-0.25, -0.2) is 0 Å². The molecule has 1 aromatic rings. The number of benzene rings is 1. The van der Waals surface area contributed by atoms with Gasteiger partial charge in [-0.3, -0.25) is 0 Å². The van der Waals surface area contributed by atoms with Crippen molar-refractivity contribution in [3.63, 3.8) is 0 Å². The van der Waals surface area contributed by atoms with Crippen molar-refractivity contribution in [3.8, 4) is 0 Å². The van der Waals surface area contributed by atoms with E-state index < -0.39 is 0 Å². The molecule has 0 radical (unpaired) electrons. The summed E-state index contributed by atoms with van der Waals surface area (Å²) in [4.78, 5) is 0. The van der Waals surface area contributed by atoms with Gasteiger partial charge in [0.25, 0.3) is 0 Å². The third-order valence-corrected chi connectivity index (χ3v) is 12.7. The van der Waals surface area contributed by atoms with E-state index in [1.54, 1.807) is 0 Å². The van der Waals surface area contributed by atoms with Gasteiger partial charge in [-0.2, -0.15) is 0 Å². The van der Waals surface area contributed by atoms with E-state index in [4.69, 9.17) is 0 Å². The summed E-state index contributed by atoms with van der Waals surface area (Å²) >= 11 is 0. The summed E-state index contributed by atoms with van der Waals surface area (Å²) in [5.41, 5.74) is 1.96. The molecule has 2 fully saturated rings. The molecule has 0 nitrogen and oxygen atoms in total. The average Bonchev–Trinajstić information content (AvgIpc) is 3.25. The SMILES string of the molecule is CC(C)C1CCCP1c1ccccc1P1CCCC1C(C)C.CCC. The normalized spacial score (nSPS) is 29.1. The Morgan fingerprint density at radius 1 is 0.800 bits per heavy atom. The molecule has 2 aliphatic heterocycles. The summed E-state index contributed by atoms with van der Waals surface area (Å²) in [6, 6.07) is 9.65. The fourth-order valence-electron chi connectivity index (χ4n) is 4.52. The van der Waals surface area contributed by atoms with Gasteiger partial charge >= 0.3 is 0 Å². The van der Waals surface area contributed by atoms with Crippen LogP contribution in [0.4, 0.5) is 0 Å². The molecule has 0 bridgehead atoms. The first-order valence-electron chi connectivity index (χ1n) is 10.6. The molecule has 3 rings (SSSR count). The summed E-state index contributed by atoms with van der Waals surface area (Å²) in [6.45, 7) is 14.1. The monoisotopic (exact) mass is 378 g/mol. The van der Waals surface area contributed by atoms with Gasteiger partial charge in [0.05, 0.1) is 0 Å². The van der Waals surface area contributed by atoms with Crippen LogP contribution in [0, 0.1) is 11.8 Å². The molecule has 25 heavy (non-hydrogen) atoms. The van der Waals surface area contributed by atoms with Crippen LogP contribution in [0.1, 0.15) is 73.6 Å². The fourth-order valence-corrected chi connectivity index (χ4v) is 11.9. The highest BCUT2D eigenvalue weighted by Crippen LogP contribution is 2.56. The van der Waals surface area contributed by atoms with Crippen molar-refractivity contribution in [1.82, 2.24) is 0 Å². The van der Waals surface area contributed by atoms with Crippen LogP contribution in [-0.4, -0.2) is 23.6 Å². The summed E-state index contributed by atoms with van der Waals surface area (Å²) in [6.07, 6.45) is 10.1. The molecule has 2 heterocycles. The number of rotatable bonds is 4. The second-order valence-electron chi connectivity index (χ2n) is 8.49. The summed E-state index contributed by atoms with van der Waals surface area (Å²) in [5, 5.41) is 3.62. The predicted molar refractivity (Wildman–Crippen MR) is 121 cm³/mol. The van der Waals surface area contributed by atoms with E-state index in [2.05, 4.69) is 65.8 Å². The first-order chi connectivity index (χ1) is 12.0. The van der Waals surface area contributed by atoms with Gasteiger partial charge in [-0.1, -0.05) is 88.1 Å². The number of hydrogen-bond acceptors (Lipinski definition) is 0. The Morgan fingerprint density at radius 3 is 1.48 bits per heavy atom. The second-order valence-corrected chi connectivity index (χ2v) is 13.6. The summed E-state index contributed by atoms with van der Waals surface area (Å²) in [5.74, 6) is 1.72. The van der Waals surface area contributed by atoms with Crippen LogP contribution in [0.25, 0.3) is 0 Å². The zero-order valence-corrected chi connectivity index (χ0v) is 19.3. The Bertz CT molecular complexity index is 464. The first-order valence-corrected chi connectivity index (χ1v) is 13.8. The lowest BCUT2D eigenvalue weighted by Crippen LogP contribution is -2.29. The fraction of sp³-hybridized carbons (Fsp3) is 0.739. The van der Waals surface area contributed by atoms with E-state index in [-0.39, 0.29) is 15.8 Å². The standard InChI is InChI=1S/C20H32P2.C3H8/c1-15(2)17-11-7-13-21(17)19-9-5-6-10-20(19)22-14-8-12-18(22)16(3)4;1-3-2/h5-6,9-10,15-18H,7-8,11-14H2,1-4H3;3H2,1-2H3. The van der Waals surface area contributed by atoms with E-state index in [0.717, 1.165) is 23.2 Å². The van der Waals surface area contributed by atoms with Gasteiger partial charge in [0.2, 0.25) is 0 Å². The minimum absolute atomic E-state index is 0.0979. The van der Waals surface area contributed by atoms with Crippen molar-refractivity contribution in [2.24, 2.45) is 11.8 Å². The Kier molecular flexibility index (Phi) is 8.91. The van der Waals surface area contributed by atoms with Crippen LogP contribution in [-0.2, 0) is 0 Å². The minimum Gasteiger partial charge on any atom is -0.0712 e. The Hall–Kier alpha value is 0.0800. The van der Waals surface area contributed by atoms with E-state index in [1.807, 2.05) is 10.6 Å². The van der Waals surface area contributed by atoms with Gasteiger partial charge in [0.15, 0.2) is 0 Å². The predicted octanol–water partition coefficient (Wildman–Crippen LogP) is 6.95. The topological polar surface area (TPSA) is 0 Å². The maximum Gasteiger partial charge on any atom is -0.0146 e. The Labute approximate surface area is 160 Å². The van der Waals surface area contributed by atoms with Crippen molar-refractivity contribution in [2.75, 3.05) is 12.3 Å². The highest BCUT2D eigenvalue weighted by Gasteiger charge is 2.36. The summed E-state index contributed by atoms with van der Waals surface area (Å²) in [7, 11) is 0.196. The van der Waals surface area contributed by atoms with Crippen molar-refractivity contribution in [1.29, 1.82) is 0 Å². The van der Waals surface area contributed by atoms with Gasteiger partial charge in [-0.15, -0.1) is 0 Å². The molecule has 0 N–H and O–H groups in total. The minimum atomic E-state index is 0.0979. The Balaban J connectivity index is 0.000000701. The van der Waals surface area contributed by atoms with Gasteiger partial charge in [-0.05, 0) is 71.8 Å². The van der Waals surface area contributed by atoms with Crippen molar-refractivity contribution in [2.45, 2.75) is 85.0 Å². The zero-order chi connectivity index (χ0) is 18.4. The van der Waals surface area contributed by atoms with E-state index >= 15 is 0 Å². The molecule has 2 aliphatic rings. The molecule has 0 aliphatic carbocycles. The van der Waals surface area contributed by atoms with Crippen molar-refractivity contribution in [3.05, 3.63) is 24.3 Å². The smallest absolute Gasteiger partial charge is 0.0146 e. The van der Waals surface area contributed by atoms with Crippen LogP contribution in [0.15, 0.2) is 24.3 Å². The van der Waals surface area contributed by atoms with Crippen LogP contribution < -0.4 is 10.6 Å². The molecule has 2 saturated heterocycles. The molecule has 1 aromatic carbocycles. The lowest BCUT2D eigenvalue weighted by atomic mass is 10.1. The molecular formula is C23H40P2. The molecule has 0 aromatic heterocycles. The van der Waals surface area contributed by atoms with Crippen molar-refractivity contribution >= 4 is 26.5 Å². The molecule has 4 atom stereocenters. The molecule has 142 valence electrons. The second kappa shape index (κ2) is 10.4. The lowest BCUT2D eigenvalue weighted by molar-refractivity contribution is 0.583. The maximum atomic E-state index is 2.51. The highest BCUT2D eigenvalue weighted by atomic mass is 31.1. The average molecular weight is 379 g/mol. The molecule has 4 unspecified atom stereocenters. The van der Waals surface area contributed by atoms with Crippen LogP contribution in [0.2, 0.25) is 0 Å². The van der Waals surface area contributed by atoms with Crippen LogP contribution in [0.3, 0.4) is 0 Å². The van der Waals surface area contributed by atoms with Crippen LogP contribution >= 0.6 is 15.8 Å². The van der Waals surface area contributed by atoms with E-state index in [9.17, 15) is 0 Å². The lowest BCUT2D eigenvalue weighted by Gasteiger charge is -2.31. The van der Waals surface area contributed by atoms with Crippen molar-refractivity contribution < 1.29 is 0 Å².